The minimum absolute atomic E-state index is 0. The van der Waals surface area contributed by atoms with E-state index in [1.54, 1.807) is 6.07 Å². The summed E-state index contributed by atoms with van der Waals surface area (Å²) < 4.78 is 25.8. The van der Waals surface area contributed by atoms with Gasteiger partial charge in [0.15, 0.2) is 11.6 Å². The van der Waals surface area contributed by atoms with Gasteiger partial charge in [0, 0.05) is 18.1 Å². The van der Waals surface area contributed by atoms with Crippen LogP contribution in [0.15, 0.2) is 42.5 Å². The molecular weight excluding hydrogens is 319 g/mol. The normalized spacial score (nSPS) is 11.8. The summed E-state index contributed by atoms with van der Waals surface area (Å²) >= 11 is 6.00. The summed E-state index contributed by atoms with van der Waals surface area (Å²) in [4.78, 5) is 0. The molecule has 2 N–H and O–H groups in total. The third kappa shape index (κ3) is 4.93. The van der Waals surface area contributed by atoms with E-state index in [9.17, 15) is 13.9 Å². The van der Waals surface area contributed by atoms with Crippen molar-refractivity contribution in [2.45, 2.75) is 12.6 Å². The predicted molar refractivity (Wildman–Crippen MR) is 81.7 cm³/mol. The van der Waals surface area contributed by atoms with Gasteiger partial charge in [0.2, 0.25) is 0 Å². The van der Waals surface area contributed by atoms with Gasteiger partial charge in [-0.15, -0.1) is 12.4 Å². The van der Waals surface area contributed by atoms with Gasteiger partial charge in [-0.3, -0.25) is 0 Å². The van der Waals surface area contributed by atoms with Crippen LogP contribution < -0.4 is 5.32 Å². The van der Waals surface area contributed by atoms with Gasteiger partial charge in [0.1, 0.15) is 0 Å². The minimum Gasteiger partial charge on any atom is -0.387 e. The predicted octanol–water partition coefficient (Wildman–Crippen LogP) is 3.86. The molecule has 0 bridgehead atoms. The Morgan fingerprint density at radius 3 is 2.48 bits per heavy atom. The Labute approximate surface area is 133 Å². The fourth-order valence-electron chi connectivity index (χ4n) is 1.82. The number of hydrogen-bond acceptors (Lipinski definition) is 2. The van der Waals surface area contributed by atoms with E-state index in [1.165, 1.54) is 6.07 Å². The van der Waals surface area contributed by atoms with Crippen molar-refractivity contribution in [3.63, 3.8) is 0 Å². The third-order valence-electron chi connectivity index (χ3n) is 2.94. The van der Waals surface area contributed by atoms with Gasteiger partial charge < -0.3 is 10.4 Å². The SMILES string of the molecule is Cl.OC(CNCc1ccccc1Cl)c1ccc(F)c(F)c1. The summed E-state index contributed by atoms with van der Waals surface area (Å²) in [6.45, 7) is 0.705. The lowest BCUT2D eigenvalue weighted by Crippen LogP contribution is -2.21. The lowest BCUT2D eigenvalue weighted by molar-refractivity contribution is 0.173. The molecule has 0 spiro atoms. The first-order valence-corrected chi connectivity index (χ1v) is 6.53. The van der Waals surface area contributed by atoms with E-state index in [1.807, 2.05) is 18.2 Å². The van der Waals surface area contributed by atoms with Crippen LogP contribution in [-0.2, 0) is 6.54 Å². The van der Waals surface area contributed by atoms with Crippen LogP contribution in [0.2, 0.25) is 5.02 Å². The Kier molecular flexibility index (Phi) is 7.05. The molecule has 0 fully saturated rings. The van der Waals surface area contributed by atoms with Gasteiger partial charge in [0.05, 0.1) is 6.10 Å². The molecule has 0 saturated carbocycles. The number of hydrogen-bond donors (Lipinski definition) is 2. The van der Waals surface area contributed by atoms with Crippen molar-refractivity contribution in [1.29, 1.82) is 0 Å². The van der Waals surface area contributed by atoms with Gasteiger partial charge in [-0.25, -0.2) is 8.78 Å². The summed E-state index contributed by atoms with van der Waals surface area (Å²) in [5.74, 6) is -1.89. The van der Waals surface area contributed by atoms with E-state index in [-0.39, 0.29) is 19.0 Å². The van der Waals surface area contributed by atoms with Gasteiger partial charge in [-0.05, 0) is 29.3 Å². The van der Waals surface area contributed by atoms with Crippen LogP contribution in [0.3, 0.4) is 0 Å². The zero-order chi connectivity index (χ0) is 14.5. The molecule has 1 atom stereocenters. The number of rotatable bonds is 5. The average Bonchev–Trinajstić information content (AvgIpc) is 2.44. The molecule has 0 saturated heterocycles. The van der Waals surface area contributed by atoms with Crippen molar-refractivity contribution in [2.24, 2.45) is 0 Å². The minimum atomic E-state index is -0.965. The maximum atomic E-state index is 13.1. The molecule has 1 unspecified atom stereocenters. The van der Waals surface area contributed by atoms with E-state index < -0.39 is 17.7 Å². The number of aliphatic hydroxyl groups is 1. The molecular formula is C15H15Cl2F2NO. The number of halogens is 4. The smallest absolute Gasteiger partial charge is 0.159 e. The quantitative estimate of drug-likeness (QED) is 0.870. The van der Waals surface area contributed by atoms with E-state index >= 15 is 0 Å². The monoisotopic (exact) mass is 333 g/mol. The van der Waals surface area contributed by atoms with Crippen LogP contribution in [0.5, 0.6) is 0 Å². The first-order valence-electron chi connectivity index (χ1n) is 6.15. The Morgan fingerprint density at radius 1 is 1.10 bits per heavy atom. The zero-order valence-electron chi connectivity index (χ0n) is 11.0. The van der Waals surface area contributed by atoms with Gasteiger partial charge in [-0.1, -0.05) is 35.9 Å². The molecule has 2 rings (SSSR count). The summed E-state index contributed by atoms with van der Waals surface area (Å²) in [6.07, 6.45) is -0.910. The third-order valence-corrected chi connectivity index (χ3v) is 3.31. The fourth-order valence-corrected chi connectivity index (χ4v) is 2.03. The summed E-state index contributed by atoms with van der Waals surface area (Å²) in [6, 6.07) is 10.7. The first-order chi connectivity index (χ1) is 9.58. The van der Waals surface area contributed by atoms with Crippen molar-refractivity contribution in [1.82, 2.24) is 5.32 Å². The van der Waals surface area contributed by atoms with Crippen molar-refractivity contribution < 1.29 is 13.9 Å². The maximum absolute atomic E-state index is 13.1. The molecule has 0 aliphatic carbocycles. The van der Waals surface area contributed by atoms with Crippen LogP contribution in [0, 0.1) is 11.6 Å². The number of nitrogens with one attached hydrogen (secondary N) is 1. The summed E-state index contributed by atoms with van der Waals surface area (Å²) in [5.41, 5.74) is 1.24. The molecule has 2 aromatic carbocycles. The maximum Gasteiger partial charge on any atom is 0.159 e. The topological polar surface area (TPSA) is 32.3 Å². The van der Waals surface area contributed by atoms with Crippen LogP contribution in [0.4, 0.5) is 8.78 Å². The van der Waals surface area contributed by atoms with Crippen LogP contribution in [0.1, 0.15) is 17.2 Å². The highest BCUT2D eigenvalue weighted by atomic mass is 35.5. The highest BCUT2D eigenvalue weighted by molar-refractivity contribution is 6.31. The van der Waals surface area contributed by atoms with Gasteiger partial charge in [0.25, 0.3) is 0 Å². The molecule has 0 aromatic heterocycles. The Morgan fingerprint density at radius 2 is 1.81 bits per heavy atom. The fraction of sp³-hybridized carbons (Fsp3) is 0.200. The molecule has 0 amide bonds. The molecule has 0 radical (unpaired) electrons. The highest BCUT2D eigenvalue weighted by Crippen LogP contribution is 2.17. The van der Waals surface area contributed by atoms with E-state index in [0.29, 0.717) is 17.1 Å². The average molecular weight is 334 g/mol. The molecule has 0 aliphatic rings. The molecule has 114 valence electrons. The Hall–Kier alpha value is -1.20. The highest BCUT2D eigenvalue weighted by Gasteiger charge is 2.10. The molecule has 0 aliphatic heterocycles. The first kappa shape index (κ1) is 17.9. The zero-order valence-corrected chi connectivity index (χ0v) is 12.6. The second-order valence-electron chi connectivity index (χ2n) is 4.41. The lowest BCUT2D eigenvalue weighted by Gasteiger charge is -2.13. The number of aliphatic hydroxyl groups excluding tert-OH is 1. The summed E-state index contributed by atoms with van der Waals surface area (Å²) in [7, 11) is 0. The van der Waals surface area contributed by atoms with Crippen molar-refractivity contribution in [2.75, 3.05) is 6.54 Å². The largest absolute Gasteiger partial charge is 0.387 e. The second kappa shape index (κ2) is 8.29. The van der Waals surface area contributed by atoms with Crippen molar-refractivity contribution in [3.05, 3.63) is 70.2 Å². The van der Waals surface area contributed by atoms with E-state index in [0.717, 1.165) is 17.7 Å². The number of benzene rings is 2. The van der Waals surface area contributed by atoms with Gasteiger partial charge >= 0.3 is 0 Å². The van der Waals surface area contributed by atoms with E-state index in [4.69, 9.17) is 11.6 Å². The Bertz CT molecular complexity index is 596. The van der Waals surface area contributed by atoms with Crippen LogP contribution in [0.25, 0.3) is 0 Å². The lowest BCUT2D eigenvalue weighted by atomic mass is 10.1. The van der Waals surface area contributed by atoms with E-state index in [2.05, 4.69) is 5.32 Å². The molecule has 0 heterocycles. The van der Waals surface area contributed by atoms with Crippen LogP contribution in [-0.4, -0.2) is 11.7 Å². The molecule has 2 aromatic rings. The Balaban J connectivity index is 0.00000220. The van der Waals surface area contributed by atoms with Crippen LogP contribution >= 0.6 is 24.0 Å². The molecule has 21 heavy (non-hydrogen) atoms. The standard InChI is InChI=1S/C15H14ClF2NO.ClH/c16-12-4-2-1-3-11(12)8-19-9-15(20)10-5-6-13(17)14(18)7-10;/h1-7,15,19-20H,8-9H2;1H. The van der Waals surface area contributed by atoms with Gasteiger partial charge in [-0.2, -0.15) is 0 Å². The molecule has 6 heteroatoms. The second-order valence-corrected chi connectivity index (χ2v) is 4.82. The summed E-state index contributed by atoms with van der Waals surface area (Å²) in [5, 5.41) is 13.6. The molecule has 2 nitrogen and oxygen atoms in total. The van der Waals surface area contributed by atoms with Crippen molar-refractivity contribution in [3.8, 4) is 0 Å². The van der Waals surface area contributed by atoms with Crippen molar-refractivity contribution >= 4 is 24.0 Å².